The number of rotatable bonds is 4. The SMILES string of the molecule is O=S(=O)(c1cccnc1)N1CCOC[C@H](Cc2cccc3occc23)C1. The van der Waals surface area contributed by atoms with Crippen LogP contribution in [0.4, 0.5) is 0 Å². The minimum absolute atomic E-state index is 0.0736. The summed E-state index contributed by atoms with van der Waals surface area (Å²) in [4.78, 5) is 4.16. The summed E-state index contributed by atoms with van der Waals surface area (Å²) in [6.07, 6.45) is 5.37. The highest BCUT2D eigenvalue weighted by atomic mass is 32.2. The molecule has 6 nitrogen and oxygen atoms in total. The highest BCUT2D eigenvalue weighted by Gasteiger charge is 2.29. The third kappa shape index (κ3) is 3.38. The largest absolute Gasteiger partial charge is 0.464 e. The van der Waals surface area contributed by atoms with Crippen molar-refractivity contribution >= 4 is 21.0 Å². The van der Waals surface area contributed by atoms with Gasteiger partial charge < -0.3 is 9.15 Å². The normalized spacial score (nSPS) is 19.5. The van der Waals surface area contributed by atoms with Crippen LogP contribution in [0.2, 0.25) is 0 Å². The van der Waals surface area contributed by atoms with E-state index < -0.39 is 10.0 Å². The van der Waals surface area contributed by atoms with Gasteiger partial charge in [-0.25, -0.2) is 8.42 Å². The molecular weight excluding hydrogens is 352 g/mol. The molecule has 0 radical (unpaired) electrons. The fourth-order valence-electron chi connectivity index (χ4n) is 3.38. The first-order valence-electron chi connectivity index (χ1n) is 8.57. The van der Waals surface area contributed by atoms with Gasteiger partial charge in [0.1, 0.15) is 10.5 Å². The average molecular weight is 372 g/mol. The van der Waals surface area contributed by atoms with E-state index in [1.54, 1.807) is 24.6 Å². The zero-order valence-electron chi connectivity index (χ0n) is 14.2. The van der Waals surface area contributed by atoms with Crippen LogP contribution in [0.25, 0.3) is 11.0 Å². The summed E-state index contributed by atoms with van der Waals surface area (Å²) in [5.74, 6) is 0.0736. The van der Waals surface area contributed by atoms with Crippen molar-refractivity contribution in [1.82, 2.24) is 9.29 Å². The van der Waals surface area contributed by atoms with Gasteiger partial charge in [0.15, 0.2) is 0 Å². The Bertz CT molecular complexity index is 985. The van der Waals surface area contributed by atoms with Crippen molar-refractivity contribution < 1.29 is 17.6 Å². The fourth-order valence-corrected chi connectivity index (χ4v) is 4.85. The summed E-state index contributed by atoms with van der Waals surface area (Å²) in [5.41, 5.74) is 1.99. The zero-order chi connectivity index (χ0) is 18.0. The molecule has 1 fully saturated rings. The van der Waals surface area contributed by atoms with Gasteiger partial charge in [-0.15, -0.1) is 0 Å². The van der Waals surface area contributed by atoms with Crippen LogP contribution in [0.5, 0.6) is 0 Å². The predicted molar refractivity (Wildman–Crippen MR) is 97.2 cm³/mol. The topological polar surface area (TPSA) is 72.6 Å². The second-order valence-electron chi connectivity index (χ2n) is 6.45. The van der Waals surface area contributed by atoms with E-state index in [2.05, 4.69) is 11.1 Å². The Kier molecular flexibility index (Phi) is 4.76. The first-order chi connectivity index (χ1) is 12.6. The van der Waals surface area contributed by atoms with Crippen LogP contribution < -0.4 is 0 Å². The standard InChI is InChI=1S/C19H20N2O4S/c22-26(23,17-4-2-7-20-12-17)21-8-10-24-14-15(13-21)11-16-3-1-5-19-18(16)6-9-25-19/h1-7,9,12,15H,8,10-11,13-14H2/t15-/m1/s1. The first kappa shape index (κ1) is 17.2. The molecule has 3 aromatic rings. The van der Waals surface area contributed by atoms with Gasteiger partial charge in [0, 0.05) is 36.8 Å². The molecule has 26 heavy (non-hydrogen) atoms. The quantitative estimate of drug-likeness (QED) is 0.704. The van der Waals surface area contributed by atoms with Gasteiger partial charge in [-0.1, -0.05) is 12.1 Å². The van der Waals surface area contributed by atoms with Gasteiger partial charge in [-0.3, -0.25) is 4.98 Å². The predicted octanol–water partition coefficient (Wildman–Crippen LogP) is 2.71. The maximum Gasteiger partial charge on any atom is 0.244 e. The van der Waals surface area contributed by atoms with E-state index >= 15 is 0 Å². The summed E-state index contributed by atoms with van der Waals surface area (Å²) in [5, 5.41) is 1.07. The summed E-state index contributed by atoms with van der Waals surface area (Å²) in [6, 6.07) is 11.1. The Balaban J connectivity index is 1.57. The lowest BCUT2D eigenvalue weighted by atomic mass is 9.97. The van der Waals surface area contributed by atoms with Crippen LogP contribution in [-0.4, -0.2) is 44.0 Å². The van der Waals surface area contributed by atoms with E-state index in [0.29, 0.717) is 26.3 Å². The molecule has 0 N–H and O–H groups in total. The van der Waals surface area contributed by atoms with Crippen molar-refractivity contribution in [2.45, 2.75) is 11.3 Å². The Morgan fingerprint density at radius 1 is 1.19 bits per heavy atom. The first-order valence-corrected chi connectivity index (χ1v) is 10.0. The Hall–Kier alpha value is -2.22. The molecule has 7 heteroatoms. The van der Waals surface area contributed by atoms with Crippen molar-refractivity contribution in [3.8, 4) is 0 Å². The van der Waals surface area contributed by atoms with Crippen molar-refractivity contribution in [3.63, 3.8) is 0 Å². The van der Waals surface area contributed by atoms with E-state index in [9.17, 15) is 8.42 Å². The molecule has 1 aliphatic heterocycles. The Morgan fingerprint density at radius 3 is 2.96 bits per heavy atom. The smallest absolute Gasteiger partial charge is 0.244 e. The molecule has 0 unspecified atom stereocenters. The monoisotopic (exact) mass is 372 g/mol. The Labute approximate surface area is 152 Å². The van der Waals surface area contributed by atoms with Gasteiger partial charge in [0.2, 0.25) is 10.0 Å². The molecule has 0 aliphatic carbocycles. The maximum atomic E-state index is 12.9. The number of hydrogen-bond acceptors (Lipinski definition) is 5. The third-order valence-corrected chi connectivity index (χ3v) is 6.52. The summed E-state index contributed by atoms with van der Waals surface area (Å²) in [7, 11) is -3.57. The number of ether oxygens (including phenoxy) is 1. The number of nitrogens with zero attached hydrogens (tertiary/aromatic N) is 2. The average Bonchev–Trinajstić information content (AvgIpc) is 3.02. The van der Waals surface area contributed by atoms with Crippen LogP contribution in [0, 0.1) is 5.92 Å². The molecule has 1 atom stereocenters. The molecule has 1 aliphatic rings. The van der Waals surface area contributed by atoms with Gasteiger partial charge >= 0.3 is 0 Å². The van der Waals surface area contributed by atoms with Crippen molar-refractivity contribution in [3.05, 3.63) is 60.6 Å². The number of fused-ring (bicyclic) bond motifs is 1. The van der Waals surface area contributed by atoms with Gasteiger partial charge in [-0.2, -0.15) is 4.31 Å². The molecule has 0 spiro atoms. The lowest BCUT2D eigenvalue weighted by molar-refractivity contribution is 0.123. The van der Waals surface area contributed by atoms with E-state index in [4.69, 9.17) is 9.15 Å². The molecule has 1 saturated heterocycles. The highest BCUT2D eigenvalue weighted by molar-refractivity contribution is 7.89. The second kappa shape index (κ2) is 7.19. The van der Waals surface area contributed by atoms with Crippen molar-refractivity contribution in [1.29, 1.82) is 0 Å². The Morgan fingerprint density at radius 2 is 2.12 bits per heavy atom. The molecule has 4 rings (SSSR count). The van der Waals surface area contributed by atoms with Crippen LogP contribution in [0.3, 0.4) is 0 Å². The summed E-state index contributed by atoms with van der Waals surface area (Å²) < 4.78 is 38.5. The van der Waals surface area contributed by atoms with E-state index in [1.165, 1.54) is 10.5 Å². The molecule has 0 saturated carbocycles. The number of aromatic nitrogens is 1. The van der Waals surface area contributed by atoms with Crippen LogP contribution in [0.15, 0.2) is 64.4 Å². The van der Waals surface area contributed by atoms with Gasteiger partial charge in [-0.05, 0) is 36.2 Å². The number of furan rings is 1. The molecule has 0 amide bonds. The van der Waals surface area contributed by atoms with E-state index in [0.717, 1.165) is 23.0 Å². The lowest BCUT2D eigenvalue weighted by Gasteiger charge is -2.23. The molecule has 1 aromatic carbocycles. The highest BCUT2D eigenvalue weighted by Crippen LogP contribution is 2.25. The minimum Gasteiger partial charge on any atom is -0.464 e. The molecule has 136 valence electrons. The maximum absolute atomic E-state index is 12.9. The minimum atomic E-state index is -3.57. The zero-order valence-corrected chi connectivity index (χ0v) is 15.1. The van der Waals surface area contributed by atoms with Crippen LogP contribution in [0.1, 0.15) is 5.56 Å². The molecule has 0 bridgehead atoms. The van der Waals surface area contributed by atoms with Gasteiger partial charge in [0.05, 0.1) is 19.5 Å². The number of benzene rings is 1. The van der Waals surface area contributed by atoms with Crippen molar-refractivity contribution in [2.24, 2.45) is 5.92 Å². The van der Waals surface area contributed by atoms with Gasteiger partial charge in [0.25, 0.3) is 0 Å². The fraction of sp³-hybridized carbons (Fsp3) is 0.316. The molecular formula is C19H20N2O4S. The van der Waals surface area contributed by atoms with Crippen molar-refractivity contribution in [2.75, 3.05) is 26.3 Å². The van der Waals surface area contributed by atoms with E-state index in [1.807, 2.05) is 18.2 Å². The lowest BCUT2D eigenvalue weighted by Crippen LogP contribution is -2.36. The number of pyridine rings is 1. The number of sulfonamides is 1. The number of hydrogen-bond donors (Lipinski definition) is 0. The molecule has 3 heterocycles. The summed E-state index contributed by atoms with van der Waals surface area (Å²) in [6.45, 7) is 1.70. The van der Waals surface area contributed by atoms with E-state index in [-0.39, 0.29) is 10.8 Å². The third-order valence-electron chi connectivity index (χ3n) is 4.67. The molecule has 2 aromatic heterocycles. The second-order valence-corrected chi connectivity index (χ2v) is 8.38. The van der Waals surface area contributed by atoms with Crippen LogP contribution >= 0.6 is 0 Å². The summed E-state index contributed by atoms with van der Waals surface area (Å²) >= 11 is 0. The van der Waals surface area contributed by atoms with Crippen LogP contribution in [-0.2, 0) is 21.2 Å².